The van der Waals surface area contributed by atoms with E-state index in [1.807, 2.05) is 0 Å². The van der Waals surface area contributed by atoms with E-state index in [9.17, 15) is 9.59 Å². The van der Waals surface area contributed by atoms with E-state index in [-0.39, 0.29) is 5.91 Å². The van der Waals surface area contributed by atoms with Crippen LogP contribution in [0.1, 0.15) is 20.8 Å². The number of methoxy groups -OCH3 is 1. The van der Waals surface area contributed by atoms with E-state index in [0.29, 0.717) is 22.5 Å². The van der Waals surface area contributed by atoms with Crippen LogP contribution in [0.2, 0.25) is 0 Å². The predicted molar refractivity (Wildman–Crippen MR) is 71.4 cm³/mol. The number of amides is 2. The Hall–Kier alpha value is -2.50. The van der Waals surface area contributed by atoms with Crippen LogP contribution in [-0.4, -0.2) is 42.9 Å². The number of benzene rings is 1. The molecule has 2 amide bonds. The average Bonchev–Trinajstić information content (AvgIpc) is 2.79. The van der Waals surface area contributed by atoms with Gasteiger partial charge in [0, 0.05) is 25.0 Å². The molecule has 0 fully saturated rings. The zero-order valence-corrected chi connectivity index (χ0v) is 11.0. The molecular formula is C13H15N3O3. The maximum atomic E-state index is 11.9. The first kappa shape index (κ1) is 12.9. The number of aromatic amines is 1. The molecule has 100 valence electrons. The third-order valence-electron chi connectivity index (χ3n) is 2.84. The molecule has 2 aromatic rings. The molecule has 0 aliphatic heterocycles. The van der Waals surface area contributed by atoms with Crippen molar-refractivity contribution in [3.05, 3.63) is 29.5 Å². The molecule has 0 atom stereocenters. The Bertz CT molecular complexity index is 658. The van der Waals surface area contributed by atoms with Crippen molar-refractivity contribution >= 4 is 22.7 Å². The van der Waals surface area contributed by atoms with Crippen LogP contribution < -0.4 is 10.5 Å². The summed E-state index contributed by atoms with van der Waals surface area (Å²) in [5.74, 6) is -0.200. The number of hydrogen-bond acceptors (Lipinski definition) is 3. The molecule has 0 saturated heterocycles. The monoisotopic (exact) mass is 261 g/mol. The second-order valence-electron chi connectivity index (χ2n) is 4.39. The van der Waals surface area contributed by atoms with Crippen molar-refractivity contribution in [3.63, 3.8) is 0 Å². The number of primary amides is 1. The molecule has 1 heterocycles. The number of nitrogens with two attached hydrogens (primary N) is 1. The Kier molecular flexibility index (Phi) is 3.16. The van der Waals surface area contributed by atoms with Crippen molar-refractivity contribution in [2.45, 2.75) is 0 Å². The minimum Gasteiger partial charge on any atom is -0.496 e. The molecule has 3 N–H and O–H groups in total. The van der Waals surface area contributed by atoms with Gasteiger partial charge >= 0.3 is 0 Å². The van der Waals surface area contributed by atoms with E-state index in [1.165, 1.54) is 12.0 Å². The number of ether oxygens (including phenoxy) is 1. The summed E-state index contributed by atoms with van der Waals surface area (Å²) in [6, 6.07) is 4.86. The van der Waals surface area contributed by atoms with Crippen molar-refractivity contribution in [2.75, 3.05) is 21.2 Å². The van der Waals surface area contributed by atoms with E-state index < -0.39 is 5.91 Å². The second-order valence-corrected chi connectivity index (χ2v) is 4.39. The summed E-state index contributed by atoms with van der Waals surface area (Å²) >= 11 is 0. The Morgan fingerprint density at radius 3 is 2.47 bits per heavy atom. The average molecular weight is 261 g/mol. The summed E-state index contributed by atoms with van der Waals surface area (Å²) in [6.45, 7) is 0. The highest BCUT2D eigenvalue weighted by Crippen LogP contribution is 2.28. The summed E-state index contributed by atoms with van der Waals surface area (Å²) in [4.78, 5) is 27.6. The molecule has 0 unspecified atom stereocenters. The van der Waals surface area contributed by atoms with Gasteiger partial charge in [-0.1, -0.05) is 0 Å². The molecule has 6 nitrogen and oxygen atoms in total. The van der Waals surface area contributed by atoms with Crippen molar-refractivity contribution in [1.82, 2.24) is 9.88 Å². The van der Waals surface area contributed by atoms with Crippen LogP contribution in [0.25, 0.3) is 10.9 Å². The van der Waals surface area contributed by atoms with Gasteiger partial charge < -0.3 is 20.4 Å². The van der Waals surface area contributed by atoms with Crippen LogP contribution in [0, 0.1) is 0 Å². The van der Waals surface area contributed by atoms with E-state index in [1.54, 1.807) is 32.3 Å². The number of fused-ring (bicyclic) bond motifs is 1. The summed E-state index contributed by atoms with van der Waals surface area (Å²) < 4.78 is 5.22. The SMILES string of the molecule is COc1cc(C(N)=O)cc2[nH]c(C(=O)N(C)C)cc12. The summed E-state index contributed by atoms with van der Waals surface area (Å²) in [7, 11) is 4.83. The van der Waals surface area contributed by atoms with Crippen molar-refractivity contribution in [1.29, 1.82) is 0 Å². The molecule has 0 aliphatic carbocycles. The number of aromatic nitrogens is 1. The smallest absolute Gasteiger partial charge is 0.269 e. The van der Waals surface area contributed by atoms with Gasteiger partial charge in [-0.25, -0.2) is 0 Å². The Morgan fingerprint density at radius 2 is 1.95 bits per heavy atom. The van der Waals surface area contributed by atoms with Gasteiger partial charge in [-0.05, 0) is 18.2 Å². The van der Waals surface area contributed by atoms with Crippen molar-refractivity contribution < 1.29 is 14.3 Å². The summed E-state index contributed by atoms with van der Waals surface area (Å²) in [5.41, 5.74) is 6.66. The van der Waals surface area contributed by atoms with E-state index >= 15 is 0 Å². The topological polar surface area (TPSA) is 88.4 Å². The fraction of sp³-hybridized carbons (Fsp3) is 0.231. The van der Waals surface area contributed by atoms with E-state index in [4.69, 9.17) is 10.5 Å². The first-order valence-electron chi connectivity index (χ1n) is 5.66. The van der Waals surface area contributed by atoms with Gasteiger partial charge in [0.1, 0.15) is 11.4 Å². The third kappa shape index (κ3) is 2.24. The lowest BCUT2D eigenvalue weighted by molar-refractivity contribution is 0.0822. The number of hydrogen-bond donors (Lipinski definition) is 2. The second kappa shape index (κ2) is 4.64. The van der Waals surface area contributed by atoms with Gasteiger partial charge in [0.25, 0.3) is 5.91 Å². The molecule has 6 heteroatoms. The van der Waals surface area contributed by atoms with Crippen LogP contribution in [0.5, 0.6) is 5.75 Å². The zero-order valence-electron chi connectivity index (χ0n) is 11.0. The maximum absolute atomic E-state index is 11.9. The Morgan fingerprint density at radius 1 is 1.26 bits per heavy atom. The normalized spacial score (nSPS) is 10.5. The summed E-state index contributed by atoms with van der Waals surface area (Å²) in [6.07, 6.45) is 0. The fourth-order valence-corrected chi connectivity index (χ4v) is 1.87. The summed E-state index contributed by atoms with van der Waals surface area (Å²) in [5, 5.41) is 0.734. The molecule has 1 aromatic carbocycles. The molecule has 2 rings (SSSR count). The van der Waals surface area contributed by atoms with Crippen LogP contribution in [0.4, 0.5) is 0 Å². The lowest BCUT2D eigenvalue weighted by atomic mass is 10.1. The minimum absolute atomic E-state index is 0.154. The number of nitrogens with one attached hydrogen (secondary N) is 1. The number of carbonyl (C=O) groups excluding carboxylic acids is 2. The molecule has 0 radical (unpaired) electrons. The van der Waals surface area contributed by atoms with Crippen LogP contribution >= 0.6 is 0 Å². The molecule has 0 aliphatic rings. The Labute approximate surface area is 110 Å². The number of H-pyrrole nitrogens is 1. The van der Waals surface area contributed by atoms with Crippen LogP contribution in [0.15, 0.2) is 18.2 Å². The first-order chi connectivity index (χ1) is 8.93. The first-order valence-corrected chi connectivity index (χ1v) is 5.66. The van der Waals surface area contributed by atoms with Gasteiger partial charge in [-0.15, -0.1) is 0 Å². The van der Waals surface area contributed by atoms with Crippen molar-refractivity contribution in [2.24, 2.45) is 5.73 Å². The molecule has 0 bridgehead atoms. The number of carbonyl (C=O) groups is 2. The highest BCUT2D eigenvalue weighted by Gasteiger charge is 2.15. The Balaban J connectivity index is 2.64. The van der Waals surface area contributed by atoms with E-state index in [2.05, 4.69) is 4.98 Å². The lowest BCUT2D eigenvalue weighted by Crippen LogP contribution is -2.21. The molecule has 0 spiro atoms. The standard InChI is InChI=1S/C13H15N3O3/c1-16(2)13(18)10-6-8-9(15-10)4-7(12(14)17)5-11(8)19-3/h4-6,15H,1-3H3,(H2,14,17). The molecule has 1 aromatic heterocycles. The quantitative estimate of drug-likeness (QED) is 0.863. The molecule has 0 saturated carbocycles. The lowest BCUT2D eigenvalue weighted by Gasteiger charge is -2.07. The van der Waals surface area contributed by atoms with E-state index in [0.717, 1.165) is 5.39 Å². The zero-order chi connectivity index (χ0) is 14.2. The molecule has 19 heavy (non-hydrogen) atoms. The van der Waals surface area contributed by atoms with Crippen LogP contribution in [-0.2, 0) is 0 Å². The largest absolute Gasteiger partial charge is 0.496 e. The van der Waals surface area contributed by atoms with Gasteiger partial charge in [0.2, 0.25) is 5.91 Å². The third-order valence-corrected chi connectivity index (χ3v) is 2.84. The minimum atomic E-state index is -0.546. The fourth-order valence-electron chi connectivity index (χ4n) is 1.87. The maximum Gasteiger partial charge on any atom is 0.269 e. The number of nitrogens with zero attached hydrogens (tertiary/aromatic N) is 1. The molecular weight excluding hydrogens is 246 g/mol. The predicted octanol–water partition coefficient (Wildman–Crippen LogP) is 0.977. The highest BCUT2D eigenvalue weighted by molar-refractivity contribution is 6.03. The van der Waals surface area contributed by atoms with Gasteiger partial charge in [0.15, 0.2) is 0 Å². The van der Waals surface area contributed by atoms with Gasteiger partial charge in [-0.2, -0.15) is 0 Å². The van der Waals surface area contributed by atoms with Gasteiger partial charge in [0.05, 0.1) is 12.6 Å². The highest BCUT2D eigenvalue weighted by atomic mass is 16.5. The van der Waals surface area contributed by atoms with Crippen LogP contribution in [0.3, 0.4) is 0 Å². The number of rotatable bonds is 3. The van der Waals surface area contributed by atoms with Gasteiger partial charge in [-0.3, -0.25) is 9.59 Å². The van der Waals surface area contributed by atoms with Crippen molar-refractivity contribution in [3.8, 4) is 5.75 Å².